The van der Waals surface area contributed by atoms with Crippen molar-refractivity contribution in [1.82, 2.24) is 5.32 Å². The van der Waals surface area contributed by atoms with Crippen LogP contribution in [0.4, 0.5) is 0 Å². The summed E-state index contributed by atoms with van der Waals surface area (Å²) in [6.45, 7) is 1.27. The lowest BCUT2D eigenvalue weighted by Crippen LogP contribution is -2.25. The van der Waals surface area contributed by atoms with E-state index in [1.54, 1.807) is 12.1 Å². The smallest absolute Gasteiger partial charge is 0.255 e. The summed E-state index contributed by atoms with van der Waals surface area (Å²) >= 11 is 5.36. The molecule has 33 heavy (non-hydrogen) atoms. The molecule has 0 unspecified atom stereocenters. The molecule has 0 fully saturated rings. The van der Waals surface area contributed by atoms with E-state index in [1.165, 1.54) is 0 Å². The summed E-state index contributed by atoms with van der Waals surface area (Å²) in [5.41, 5.74) is 2.48. The van der Waals surface area contributed by atoms with Crippen molar-refractivity contribution in [2.24, 2.45) is 0 Å². The molecule has 1 amide bonds. The number of rotatable bonds is 13. The average molecular weight is 466 g/mol. The van der Waals surface area contributed by atoms with Gasteiger partial charge in [-0.25, -0.2) is 0 Å². The lowest BCUT2D eigenvalue weighted by atomic mass is 10.1. The van der Waals surface area contributed by atoms with Gasteiger partial charge in [0.2, 0.25) is 5.24 Å². The van der Waals surface area contributed by atoms with E-state index in [2.05, 4.69) is 5.32 Å². The molecule has 0 bridgehead atoms. The average Bonchev–Trinajstić information content (AvgIpc) is 2.84. The van der Waals surface area contributed by atoms with Gasteiger partial charge in [-0.3, -0.25) is 9.59 Å². The number of halogens is 1. The lowest BCUT2D eigenvalue weighted by Gasteiger charge is -2.14. The highest BCUT2D eigenvalue weighted by Gasteiger charge is 2.15. The number of hydrogen-bond acceptors (Lipinski definition) is 4. The van der Waals surface area contributed by atoms with Crippen LogP contribution in [0.1, 0.15) is 47.2 Å². The van der Waals surface area contributed by atoms with Gasteiger partial charge in [0.1, 0.15) is 24.7 Å². The van der Waals surface area contributed by atoms with Crippen LogP contribution in [0, 0.1) is 0 Å². The number of unbranched alkanes of at least 4 members (excludes halogenated alkanes) is 2. The largest absolute Gasteiger partial charge is 0.489 e. The summed E-state index contributed by atoms with van der Waals surface area (Å²) in [5, 5.41) is 2.61. The normalized spacial score (nSPS) is 10.5. The Morgan fingerprint density at radius 2 is 1.39 bits per heavy atom. The molecule has 0 aliphatic carbocycles. The second-order valence-corrected chi connectivity index (χ2v) is 8.05. The van der Waals surface area contributed by atoms with Crippen LogP contribution in [0.25, 0.3) is 0 Å². The van der Waals surface area contributed by atoms with Gasteiger partial charge >= 0.3 is 0 Å². The van der Waals surface area contributed by atoms with Crippen molar-refractivity contribution >= 4 is 22.8 Å². The van der Waals surface area contributed by atoms with Gasteiger partial charge in [-0.1, -0.05) is 67.1 Å². The SMILES string of the molecule is O=C(Cl)CCCCCNC(=O)c1cc(OCc2ccccc2)ccc1OCc1ccccc1. The molecule has 0 aliphatic rings. The van der Waals surface area contributed by atoms with Crippen molar-refractivity contribution in [1.29, 1.82) is 0 Å². The van der Waals surface area contributed by atoms with Crippen molar-refractivity contribution in [2.45, 2.75) is 38.9 Å². The highest BCUT2D eigenvalue weighted by atomic mass is 35.5. The van der Waals surface area contributed by atoms with Gasteiger partial charge < -0.3 is 14.8 Å². The van der Waals surface area contributed by atoms with Gasteiger partial charge in [0.15, 0.2) is 0 Å². The molecule has 0 heterocycles. The third-order valence-corrected chi connectivity index (χ3v) is 5.21. The van der Waals surface area contributed by atoms with Crippen molar-refractivity contribution < 1.29 is 19.1 Å². The molecule has 0 saturated carbocycles. The molecular weight excluding hydrogens is 438 g/mol. The molecule has 6 heteroatoms. The molecule has 3 rings (SSSR count). The molecule has 172 valence electrons. The fraction of sp³-hybridized carbons (Fsp3) is 0.259. The van der Waals surface area contributed by atoms with Crippen LogP contribution < -0.4 is 14.8 Å². The topological polar surface area (TPSA) is 64.6 Å². The summed E-state index contributed by atoms with van der Waals surface area (Å²) in [4.78, 5) is 23.7. The van der Waals surface area contributed by atoms with Crippen LogP contribution in [0.2, 0.25) is 0 Å². The molecule has 0 aliphatic heterocycles. The zero-order valence-corrected chi connectivity index (χ0v) is 19.2. The van der Waals surface area contributed by atoms with E-state index >= 15 is 0 Å². The molecule has 0 radical (unpaired) electrons. The number of carbonyl (C=O) groups excluding carboxylic acids is 2. The number of benzene rings is 3. The summed E-state index contributed by atoms with van der Waals surface area (Å²) in [6.07, 6.45) is 2.65. The number of nitrogens with one attached hydrogen (secondary N) is 1. The van der Waals surface area contributed by atoms with Crippen molar-refractivity contribution in [3.05, 3.63) is 95.6 Å². The second kappa shape index (κ2) is 13.3. The monoisotopic (exact) mass is 465 g/mol. The number of amides is 1. The van der Waals surface area contributed by atoms with Crippen LogP contribution in [0.3, 0.4) is 0 Å². The Morgan fingerprint density at radius 3 is 2.03 bits per heavy atom. The van der Waals surface area contributed by atoms with Crippen molar-refractivity contribution in [3.63, 3.8) is 0 Å². The number of ether oxygens (including phenoxy) is 2. The summed E-state index contributed by atoms with van der Waals surface area (Å²) in [6, 6.07) is 24.9. The predicted octanol–water partition coefficient (Wildman–Crippen LogP) is 5.90. The van der Waals surface area contributed by atoms with Gasteiger partial charge in [0, 0.05) is 13.0 Å². The van der Waals surface area contributed by atoms with Crippen molar-refractivity contribution in [3.8, 4) is 11.5 Å². The number of hydrogen-bond donors (Lipinski definition) is 1. The van der Waals surface area contributed by atoms with Crippen LogP contribution in [-0.4, -0.2) is 17.7 Å². The third kappa shape index (κ3) is 8.62. The fourth-order valence-corrected chi connectivity index (χ4v) is 3.37. The predicted molar refractivity (Wildman–Crippen MR) is 130 cm³/mol. The molecular formula is C27H28ClNO4. The molecule has 3 aromatic carbocycles. The van der Waals surface area contributed by atoms with Crippen molar-refractivity contribution in [2.75, 3.05) is 6.54 Å². The second-order valence-electron chi connectivity index (χ2n) is 7.63. The van der Waals surface area contributed by atoms with Crippen LogP contribution >= 0.6 is 11.6 Å². The molecule has 0 atom stereocenters. The Morgan fingerprint density at radius 1 is 0.758 bits per heavy atom. The van der Waals surface area contributed by atoms with Gasteiger partial charge in [-0.05, 0) is 53.8 Å². The van der Waals surface area contributed by atoms with E-state index < -0.39 is 0 Å². The highest BCUT2D eigenvalue weighted by Crippen LogP contribution is 2.26. The fourth-order valence-electron chi connectivity index (χ4n) is 3.24. The first-order valence-corrected chi connectivity index (χ1v) is 11.4. The van der Waals surface area contributed by atoms with Crippen LogP contribution in [-0.2, 0) is 18.0 Å². The molecule has 3 aromatic rings. The summed E-state index contributed by atoms with van der Waals surface area (Å²) in [5.74, 6) is 0.865. The van der Waals surface area contributed by atoms with Gasteiger partial charge in [0.05, 0.1) is 5.56 Å². The Hall–Kier alpha value is -3.31. The first-order chi connectivity index (χ1) is 16.1. The Labute approximate surface area is 199 Å². The standard InChI is InChI=1S/C27H28ClNO4/c28-26(30)14-8-3-9-17-29-27(31)24-18-23(32-19-21-10-4-1-5-11-21)15-16-25(24)33-20-22-12-6-2-7-13-22/h1-2,4-7,10-13,15-16,18H,3,8-9,14,17,19-20H2,(H,29,31). The summed E-state index contributed by atoms with van der Waals surface area (Å²) < 4.78 is 11.9. The van der Waals surface area contributed by atoms with Crippen LogP contribution in [0.15, 0.2) is 78.9 Å². The summed E-state index contributed by atoms with van der Waals surface area (Å²) in [7, 11) is 0. The quantitative estimate of drug-likeness (QED) is 0.252. The highest BCUT2D eigenvalue weighted by molar-refractivity contribution is 6.63. The minimum absolute atomic E-state index is 0.225. The first kappa shape index (κ1) is 24.3. The van der Waals surface area contributed by atoms with E-state index in [0.29, 0.717) is 49.7 Å². The van der Waals surface area contributed by atoms with E-state index in [9.17, 15) is 9.59 Å². The number of carbonyl (C=O) groups is 2. The van der Waals surface area contributed by atoms with E-state index in [1.807, 2.05) is 66.7 Å². The molecule has 1 N–H and O–H groups in total. The van der Waals surface area contributed by atoms with Gasteiger partial charge in [-0.15, -0.1) is 0 Å². The zero-order chi connectivity index (χ0) is 23.3. The van der Waals surface area contributed by atoms with Crippen LogP contribution in [0.5, 0.6) is 11.5 Å². The molecule has 0 saturated heterocycles. The lowest BCUT2D eigenvalue weighted by molar-refractivity contribution is -0.111. The van der Waals surface area contributed by atoms with Gasteiger partial charge in [-0.2, -0.15) is 0 Å². The first-order valence-electron chi connectivity index (χ1n) is 11.1. The Bertz CT molecular complexity index is 1020. The Kier molecular flexibility index (Phi) is 9.80. The zero-order valence-electron chi connectivity index (χ0n) is 18.5. The van der Waals surface area contributed by atoms with E-state index in [-0.39, 0.29) is 11.1 Å². The molecule has 5 nitrogen and oxygen atoms in total. The molecule has 0 spiro atoms. The van der Waals surface area contributed by atoms with E-state index in [4.69, 9.17) is 21.1 Å². The van der Waals surface area contributed by atoms with E-state index in [0.717, 1.165) is 24.0 Å². The minimum atomic E-state index is -0.327. The maximum absolute atomic E-state index is 12.9. The maximum Gasteiger partial charge on any atom is 0.255 e. The Balaban J connectivity index is 1.64. The van der Waals surface area contributed by atoms with Gasteiger partial charge in [0.25, 0.3) is 5.91 Å². The molecule has 0 aromatic heterocycles. The maximum atomic E-state index is 12.9. The third-order valence-electron chi connectivity index (χ3n) is 5.02. The minimum Gasteiger partial charge on any atom is -0.489 e.